The Morgan fingerprint density at radius 2 is 2.00 bits per heavy atom. The molecule has 0 radical (unpaired) electrons. The second kappa shape index (κ2) is 3.93. The van der Waals surface area contributed by atoms with E-state index < -0.39 is 24.2 Å². The van der Waals surface area contributed by atoms with E-state index in [1.165, 1.54) is 4.57 Å². The molecule has 2 nitrogen and oxygen atoms in total. The van der Waals surface area contributed by atoms with Crippen LogP contribution in [0.15, 0.2) is 12.3 Å². The molecule has 2 aromatic rings. The molecule has 0 aliphatic carbocycles. The van der Waals surface area contributed by atoms with Crippen LogP contribution in [-0.2, 0) is 19.1 Å². The molecule has 0 spiro atoms. The predicted molar refractivity (Wildman–Crippen MR) is 62.7 cm³/mol. The molecule has 0 aromatic carbocycles. The molecule has 0 N–H and O–H groups in total. The average molecular weight is 290 g/mol. The smallest absolute Gasteiger partial charge is 0.323 e. The largest absolute Gasteiger partial charge is 0.417 e. The number of halogens is 5. The molecule has 3 rings (SSSR count). The predicted octanol–water partition coefficient (Wildman–Crippen LogP) is 3.95. The number of hydrogen-bond donors (Lipinski definition) is 0. The number of aryl methyl sites for hydroxylation is 1. The van der Waals surface area contributed by atoms with Gasteiger partial charge in [0, 0.05) is 23.7 Å². The van der Waals surface area contributed by atoms with E-state index >= 15 is 0 Å². The van der Waals surface area contributed by atoms with Gasteiger partial charge in [-0.3, -0.25) is 0 Å². The Balaban J connectivity index is 2.22. The summed E-state index contributed by atoms with van der Waals surface area (Å²) < 4.78 is 66.3. The van der Waals surface area contributed by atoms with Crippen molar-refractivity contribution in [2.24, 2.45) is 0 Å². The highest BCUT2D eigenvalue weighted by Crippen LogP contribution is 2.37. The Bertz CT molecular complexity index is 684. The van der Waals surface area contributed by atoms with Gasteiger partial charge in [0.15, 0.2) is 0 Å². The van der Waals surface area contributed by atoms with Gasteiger partial charge in [-0.25, -0.2) is 13.8 Å². The summed E-state index contributed by atoms with van der Waals surface area (Å²) in [6, 6.07) is 0.987. The molecule has 1 aliphatic rings. The molecule has 20 heavy (non-hydrogen) atoms. The molecule has 0 saturated heterocycles. The maximum Gasteiger partial charge on any atom is 0.417 e. The van der Waals surface area contributed by atoms with Crippen LogP contribution in [0.4, 0.5) is 22.0 Å². The Morgan fingerprint density at radius 3 is 2.65 bits per heavy atom. The van der Waals surface area contributed by atoms with Gasteiger partial charge in [0.2, 0.25) is 0 Å². The minimum absolute atomic E-state index is 0.149. The van der Waals surface area contributed by atoms with Gasteiger partial charge in [0.1, 0.15) is 5.65 Å². The fourth-order valence-electron chi connectivity index (χ4n) is 2.69. The van der Waals surface area contributed by atoms with E-state index in [9.17, 15) is 22.0 Å². The van der Waals surface area contributed by atoms with E-state index in [1.54, 1.807) is 6.92 Å². The topological polar surface area (TPSA) is 17.8 Å². The first-order chi connectivity index (χ1) is 9.19. The number of rotatable bonds is 0. The summed E-state index contributed by atoms with van der Waals surface area (Å²) in [4.78, 5) is 3.76. The summed E-state index contributed by atoms with van der Waals surface area (Å²) in [5, 5.41) is 0.299. The van der Waals surface area contributed by atoms with Crippen molar-refractivity contribution in [1.82, 2.24) is 9.55 Å². The van der Waals surface area contributed by atoms with Crippen LogP contribution >= 0.6 is 0 Å². The third-order valence-electron chi connectivity index (χ3n) is 3.73. The number of alkyl halides is 5. The van der Waals surface area contributed by atoms with E-state index in [0.29, 0.717) is 22.8 Å². The second-order valence-corrected chi connectivity index (χ2v) is 5.11. The molecule has 0 bridgehead atoms. The molecule has 2 aromatic heterocycles. The van der Waals surface area contributed by atoms with Gasteiger partial charge in [-0.05, 0) is 25.0 Å². The number of hydrogen-bond acceptors (Lipinski definition) is 1. The van der Waals surface area contributed by atoms with Gasteiger partial charge in [-0.1, -0.05) is 0 Å². The lowest BCUT2D eigenvalue weighted by atomic mass is 10.0. The molecule has 0 fully saturated rings. The SMILES string of the molecule is Cc1c2n(c3ncc(C(F)(F)F)cc13)CC(F)(F)CC2. The van der Waals surface area contributed by atoms with Gasteiger partial charge in [0.05, 0.1) is 12.1 Å². The van der Waals surface area contributed by atoms with Crippen LogP contribution in [0.3, 0.4) is 0 Å². The first kappa shape index (κ1) is 13.3. The monoisotopic (exact) mass is 290 g/mol. The molecule has 0 saturated carbocycles. The normalized spacial score (nSPS) is 18.3. The van der Waals surface area contributed by atoms with Crippen LogP contribution in [0.1, 0.15) is 23.2 Å². The maximum absolute atomic E-state index is 13.5. The fourth-order valence-corrected chi connectivity index (χ4v) is 2.69. The van der Waals surface area contributed by atoms with Gasteiger partial charge in [0.25, 0.3) is 5.92 Å². The molecule has 0 atom stereocenters. The minimum atomic E-state index is -4.49. The van der Waals surface area contributed by atoms with Gasteiger partial charge >= 0.3 is 6.18 Å². The lowest BCUT2D eigenvalue weighted by molar-refractivity contribution is -0.137. The molecule has 0 amide bonds. The third-order valence-corrected chi connectivity index (χ3v) is 3.73. The summed E-state index contributed by atoms with van der Waals surface area (Å²) in [5.74, 6) is -2.84. The zero-order valence-electron chi connectivity index (χ0n) is 10.6. The van der Waals surface area contributed by atoms with Crippen LogP contribution in [0, 0.1) is 6.92 Å². The maximum atomic E-state index is 13.5. The third kappa shape index (κ3) is 1.96. The van der Waals surface area contributed by atoms with E-state index in [4.69, 9.17) is 0 Å². The Morgan fingerprint density at radius 1 is 1.30 bits per heavy atom. The van der Waals surface area contributed by atoms with Crippen LogP contribution in [0.5, 0.6) is 0 Å². The van der Waals surface area contributed by atoms with Crippen molar-refractivity contribution in [2.45, 2.75) is 38.4 Å². The molecular weight excluding hydrogens is 279 g/mol. The van der Waals surface area contributed by atoms with Crippen LogP contribution < -0.4 is 0 Å². The first-order valence-corrected chi connectivity index (χ1v) is 6.12. The highest BCUT2D eigenvalue weighted by Gasteiger charge is 2.37. The van der Waals surface area contributed by atoms with Gasteiger partial charge in [-0.15, -0.1) is 0 Å². The fraction of sp³-hybridized carbons (Fsp3) is 0.462. The van der Waals surface area contributed by atoms with Crippen molar-refractivity contribution in [2.75, 3.05) is 0 Å². The zero-order chi connectivity index (χ0) is 14.7. The van der Waals surface area contributed by atoms with Crippen LogP contribution in [-0.4, -0.2) is 15.5 Å². The Hall–Kier alpha value is -1.66. The molecule has 3 heterocycles. The van der Waals surface area contributed by atoms with Crippen molar-refractivity contribution >= 4 is 11.0 Å². The molecule has 0 unspecified atom stereocenters. The summed E-state index contributed by atoms with van der Waals surface area (Å²) >= 11 is 0. The van der Waals surface area contributed by atoms with Gasteiger partial charge < -0.3 is 4.57 Å². The average Bonchev–Trinajstić information content (AvgIpc) is 2.60. The molecule has 108 valence electrons. The van der Waals surface area contributed by atoms with Crippen molar-refractivity contribution in [1.29, 1.82) is 0 Å². The summed E-state index contributed by atoms with van der Waals surface area (Å²) in [6.07, 6.45) is -3.92. The molecule has 1 aliphatic heterocycles. The second-order valence-electron chi connectivity index (χ2n) is 5.11. The molecular formula is C13H11F5N2. The zero-order valence-corrected chi connectivity index (χ0v) is 10.6. The highest BCUT2D eigenvalue weighted by molar-refractivity contribution is 5.82. The van der Waals surface area contributed by atoms with Crippen molar-refractivity contribution in [3.05, 3.63) is 29.1 Å². The lowest BCUT2D eigenvalue weighted by Gasteiger charge is -2.24. The minimum Gasteiger partial charge on any atom is -0.323 e. The number of fused-ring (bicyclic) bond motifs is 3. The van der Waals surface area contributed by atoms with E-state index in [0.717, 1.165) is 6.07 Å². The Labute approximate surface area is 111 Å². The number of aromatic nitrogens is 2. The van der Waals surface area contributed by atoms with Crippen molar-refractivity contribution in [3.63, 3.8) is 0 Å². The van der Waals surface area contributed by atoms with Gasteiger partial charge in [-0.2, -0.15) is 13.2 Å². The lowest BCUT2D eigenvalue weighted by Crippen LogP contribution is -2.30. The molecule has 7 heteroatoms. The van der Waals surface area contributed by atoms with E-state index in [1.807, 2.05) is 0 Å². The first-order valence-electron chi connectivity index (χ1n) is 6.12. The number of nitrogens with zero attached hydrogens (tertiary/aromatic N) is 2. The quantitative estimate of drug-likeness (QED) is 0.672. The summed E-state index contributed by atoms with van der Waals surface area (Å²) in [7, 11) is 0. The van der Waals surface area contributed by atoms with E-state index in [-0.39, 0.29) is 18.5 Å². The number of pyridine rings is 1. The van der Waals surface area contributed by atoms with Crippen molar-refractivity contribution < 1.29 is 22.0 Å². The van der Waals surface area contributed by atoms with Crippen molar-refractivity contribution in [3.8, 4) is 0 Å². The highest BCUT2D eigenvalue weighted by atomic mass is 19.4. The summed E-state index contributed by atoms with van der Waals surface area (Å²) in [6.45, 7) is 1.13. The van der Waals surface area contributed by atoms with Crippen LogP contribution in [0.25, 0.3) is 11.0 Å². The Kier molecular flexibility index (Phi) is 2.62. The van der Waals surface area contributed by atoms with Crippen LogP contribution in [0.2, 0.25) is 0 Å². The van der Waals surface area contributed by atoms with E-state index in [2.05, 4.69) is 4.98 Å². The summed E-state index contributed by atoms with van der Waals surface area (Å²) in [5.41, 5.74) is 0.597. The standard InChI is InChI=1S/C13H11F5N2/c1-7-9-4-8(13(16,17)18)5-19-11(9)20-6-12(14,15)3-2-10(7)20/h4-5H,2-3,6H2,1H3.